The summed E-state index contributed by atoms with van der Waals surface area (Å²) in [7, 11) is 4.68. The molecule has 1 atom stereocenters. The number of benzene rings is 2. The Morgan fingerprint density at radius 1 is 1.21 bits per heavy atom. The standard InChI is InChI=1S/C25H23NO6.CH4O/c1-15-11-22(27)32-20-13-17(6-7-18(15)20)29-10-4-5-19-23-16(8-9-26(19)2)12-21-24(25(23)28-3)31-14-30-21;1-2/h6-7,11-13,19H,8-10,14H2,1-3H3;2H,1H3. The molecule has 3 heterocycles. The zero-order valence-electron chi connectivity index (χ0n) is 19.6. The van der Waals surface area contributed by atoms with Crippen LogP contribution in [0.3, 0.4) is 0 Å². The highest BCUT2D eigenvalue weighted by Crippen LogP contribution is 2.49. The van der Waals surface area contributed by atoms with Crippen LogP contribution in [0.2, 0.25) is 0 Å². The van der Waals surface area contributed by atoms with Crippen LogP contribution in [0.15, 0.2) is 39.5 Å². The van der Waals surface area contributed by atoms with Crippen molar-refractivity contribution < 1.29 is 28.5 Å². The van der Waals surface area contributed by atoms with Crippen molar-refractivity contribution >= 4 is 11.0 Å². The summed E-state index contributed by atoms with van der Waals surface area (Å²) in [6.07, 6.45) is 0.884. The molecule has 178 valence electrons. The second-order valence-corrected chi connectivity index (χ2v) is 7.87. The summed E-state index contributed by atoms with van der Waals surface area (Å²) >= 11 is 0. The number of aliphatic hydroxyl groups is 1. The molecule has 0 amide bonds. The van der Waals surface area contributed by atoms with E-state index in [9.17, 15) is 4.79 Å². The molecule has 8 nitrogen and oxygen atoms in total. The van der Waals surface area contributed by atoms with Crippen molar-refractivity contribution in [2.45, 2.75) is 19.4 Å². The first-order valence-electron chi connectivity index (χ1n) is 10.8. The van der Waals surface area contributed by atoms with Crippen LogP contribution in [-0.2, 0) is 6.42 Å². The Labute approximate surface area is 197 Å². The lowest BCUT2D eigenvalue weighted by Gasteiger charge is -2.32. The van der Waals surface area contributed by atoms with Crippen molar-refractivity contribution in [2.75, 3.05) is 41.2 Å². The molecule has 1 aromatic heterocycles. The fourth-order valence-electron chi connectivity index (χ4n) is 4.27. The highest BCUT2D eigenvalue weighted by atomic mass is 16.7. The van der Waals surface area contributed by atoms with E-state index in [1.165, 1.54) is 6.07 Å². The molecule has 1 N–H and O–H groups in total. The molecule has 2 aliphatic rings. The molecule has 0 aliphatic carbocycles. The largest absolute Gasteiger partial charge is 0.492 e. The van der Waals surface area contributed by atoms with E-state index in [0.717, 1.165) is 47.9 Å². The average molecular weight is 466 g/mol. The first kappa shape index (κ1) is 23.5. The minimum atomic E-state index is -0.374. The number of aliphatic hydroxyl groups excluding tert-OH is 1. The molecule has 8 heteroatoms. The van der Waals surface area contributed by atoms with Gasteiger partial charge in [-0.3, -0.25) is 4.90 Å². The van der Waals surface area contributed by atoms with Gasteiger partial charge >= 0.3 is 5.63 Å². The zero-order valence-corrected chi connectivity index (χ0v) is 19.6. The molecular formula is C26H27NO7. The van der Waals surface area contributed by atoms with E-state index in [0.29, 0.717) is 22.8 Å². The second-order valence-electron chi connectivity index (χ2n) is 7.87. The maximum Gasteiger partial charge on any atom is 0.336 e. The SMILES string of the molecule is CO.COc1c2c(cc3c1C(C#CCOc1ccc4c(C)cc(=O)oc4c1)N(C)CC3)OCO2. The Morgan fingerprint density at radius 3 is 2.82 bits per heavy atom. The molecule has 0 radical (unpaired) electrons. The van der Waals surface area contributed by atoms with E-state index in [2.05, 4.69) is 16.7 Å². The van der Waals surface area contributed by atoms with Gasteiger partial charge in [-0.15, -0.1) is 0 Å². The molecule has 2 aliphatic heterocycles. The third-order valence-electron chi connectivity index (χ3n) is 5.87. The Balaban J connectivity index is 0.00000133. The Kier molecular flexibility index (Phi) is 6.96. The average Bonchev–Trinajstić information content (AvgIpc) is 3.31. The Hall–Kier alpha value is -3.67. The van der Waals surface area contributed by atoms with Crippen LogP contribution >= 0.6 is 0 Å². The van der Waals surface area contributed by atoms with E-state index in [1.807, 2.05) is 32.2 Å². The maximum absolute atomic E-state index is 11.6. The summed E-state index contributed by atoms with van der Waals surface area (Å²) < 4.78 is 28.0. The van der Waals surface area contributed by atoms with Gasteiger partial charge in [-0.05, 0) is 49.7 Å². The van der Waals surface area contributed by atoms with Gasteiger partial charge in [0.15, 0.2) is 11.5 Å². The fourth-order valence-corrected chi connectivity index (χ4v) is 4.27. The normalized spacial score (nSPS) is 16.1. The van der Waals surface area contributed by atoms with Gasteiger partial charge in [-0.25, -0.2) is 4.79 Å². The van der Waals surface area contributed by atoms with Crippen LogP contribution < -0.4 is 24.6 Å². The molecule has 0 bridgehead atoms. The predicted molar refractivity (Wildman–Crippen MR) is 127 cm³/mol. The Morgan fingerprint density at radius 2 is 2.03 bits per heavy atom. The third kappa shape index (κ3) is 4.40. The summed E-state index contributed by atoms with van der Waals surface area (Å²) in [6, 6.07) is 8.82. The van der Waals surface area contributed by atoms with Crippen molar-refractivity contribution in [3.63, 3.8) is 0 Å². The predicted octanol–water partition coefficient (Wildman–Crippen LogP) is 3.06. The van der Waals surface area contributed by atoms with Gasteiger partial charge in [0.1, 0.15) is 24.0 Å². The topological polar surface area (TPSA) is 90.6 Å². The number of hydrogen-bond donors (Lipinski definition) is 1. The van der Waals surface area contributed by atoms with Gasteiger partial charge in [-0.2, -0.15) is 0 Å². The molecular weight excluding hydrogens is 438 g/mol. The van der Waals surface area contributed by atoms with Gasteiger partial charge in [0, 0.05) is 36.7 Å². The minimum Gasteiger partial charge on any atom is -0.492 e. The lowest BCUT2D eigenvalue weighted by atomic mass is 9.91. The second kappa shape index (κ2) is 10.1. The summed E-state index contributed by atoms with van der Waals surface area (Å²) in [5.74, 6) is 9.09. The molecule has 1 unspecified atom stereocenters. The van der Waals surface area contributed by atoms with E-state index in [1.54, 1.807) is 13.2 Å². The highest BCUT2D eigenvalue weighted by Gasteiger charge is 2.33. The quantitative estimate of drug-likeness (QED) is 0.466. The van der Waals surface area contributed by atoms with Gasteiger partial charge in [0.25, 0.3) is 0 Å². The van der Waals surface area contributed by atoms with Crippen molar-refractivity contribution in [1.29, 1.82) is 0 Å². The van der Waals surface area contributed by atoms with Crippen LogP contribution in [0.4, 0.5) is 0 Å². The number of hydrogen-bond acceptors (Lipinski definition) is 8. The van der Waals surface area contributed by atoms with E-state index in [4.69, 9.17) is 28.5 Å². The van der Waals surface area contributed by atoms with Crippen LogP contribution in [0, 0.1) is 18.8 Å². The zero-order chi connectivity index (χ0) is 24.2. The van der Waals surface area contributed by atoms with Crippen molar-refractivity contribution in [3.05, 3.63) is 57.4 Å². The van der Waals surface area contributed by atoms with Crippen molar-refractivity contribution in [3.8, 4) is 34.8 Å². The van der Waals surface area contributed by atoms with Gasteiger partial charge < -0.3 is 28.5 Å². The van der Waals surface area contributed by atoms with E-state index in [-0.39, 0.29) is 25.1 Å². The van der Waals surface area contributed by atoms with Crippen molar-refractivity contribution in [2.24, 2.45) is 0 Å². The van der Waals surface area contributed by atoms with Crippen LogP contribution in [-0.4, -0.2) is 51.2 Å². The molecule has 0 saturated heterocycles. The fraction of sp³-hybridized carbons (Fsp3) is 0.346. The van der Waals surface area contributed by atoms with Gasteiger partial charge in [-0.1, -0.05) is 11.8 Å². The van der Waals surface area contributed by atoms with E-state index < -0.39 is 0 Å². The number of likely N-dealkylation sites (N-methyl/N-ethyl adjacent to an activating group) is 1. The molecule has 34 heavy (non-hydrogen) atoms. The number of nitrogens with zero attached hydrogens (tertiary/aromatic N) is 1. The van der Waals surface area contributed by atoms with Crippen molar-refractivity contribution in [1.82, 2.24) is 4.90 Å². The molecule has 5 rings (SSSR count). The van der Waals surface area contributed by atoms with E-state index >= 15 is 0 Å². The molecule has 0 fully saturated rings. The summed E-state index contributed by atoms with van der Waals surface area (Å²) in [5, 5.41) is 7.88. The number of methoxy groups -OCH3 is 1. The molecule has 3 aromatic rings. The first-order valence-corrected chi connectivity index (χ1v) is 10.8. The molecule has 2 aromatic carbocycles. The first-order chi connectivity index (χ1) is 16.5. The third-order valence-corrected chi connectivity index (χ3v) is 5.87. The smallest absolute Gasteiger partial charge is 0.336 e. The Bertz CT molecular complexity index is 1320. The maximum atomic E-state index is 11.6. The van der Waals surface area contributed by atoms with Gasteiger partial charge in [0.2, 0.25) is 12.5 Å². The summed E-state index contributed by atoms with van der Waals surface area (Å²) in [4.78, 5) is 13.8. The summed E-state index contributed by atoms with van der Waals surface area (Å²) in [6.45, 7) is 3.15. The van der Waals surface area contributed by atoms with Crippen LogP contribution in [0.1, 0.15) is 22.7 Å². The summed E-state index contributed by atoms with van der Waals surface area (Å²) in [5.41, 5.74) is 3.17. The lowest BCUT2D eigenvalue weighted by molar-refractivity contribution is 0.171. The number of ether oxygens (including phenoxy) is 4. The monoisotopic (exact) mass is 465 g/mol. The molecule has 0 spiro atoms. The lowest BCUT2D eigenvalue weighted by Crippen LogP contribution is -2.31. The van der Waals surface area contributed by atoms with Crippen LogP contribution in [0.25, 0.3) is 11.0 Å². The highest BCUT2D eigenvalue weighted by molar-refractivity contribution is 5.81. The number of aryl methyl sites for hydroxylation is 1. The molecule has 0 saturated carbocycles. The van der Waals surface area contributed by atoms with Gasteiger partial charge in [0.05, 0.1) is 7.11 Å². The minimum absolute atomic E-state index is 0.149. The van der Waals surface area contributed by atoms with Crippen LogP contribution in [0.5, 0.6) is 23.0 Å². The number of fused-ring (bicyclic) bond motifs is 3. The number of rotatable bonds is 3.